The van der Waals surface area contributed by atoms with Gasteiger partial charge in [0.05, 0.1) is 13.2 Å². The minimum absolute atomic E-state index is 0.474. The van der Waals surface area contributed by atoms with Crippen molar-refractivity contribution < 1.29 is 4.74 Å². The molecule has 0 aliphatic carbocycles. The van der Waals surface area contributed by atoms with Crippen LogP contribution in [0.15, 0.2) is 18.2 Å². The van der Waals surface area contributed by atoms with E-state index in [0.717, 1.165) is 16.3 Å². The summed E-state index contributed by atoms with van der Waals surface area (Å²) in [6.07, 6.45) is 0. The number of thiocarbonyl (C=S) groups is 1. The number of anilines is 1. The molecule has 0 spiro atoms. The number of rotatable bonds is 0. The maximum atomic E-state index is 5.85. The first kappa shape index (κ1) is 8.94. The SMILES string of the molecule is S=C1COCc2cc(Cl)ccc2N1. The van der Waals surface area contributed by atoms with Crippen LogP contribution in [0.25, 0.3) is 0 Å². The molecule has 0 saturated heterocycles. The van der Waals surface area contributed by atoms with E-state index in [-0.39, 0.29) is 0 Å². The Labute approximate surface area is 86.8 Å². The first-order valence-corrected chi connectivity index (χ1v) is 4.70. The van der Waals surface area contributed by atoms with Crippen molar-refractivity contribution in [2.75, 3.05) is 11.9 Å². The topological polar surface area (TPSA) is 21.3 Å². The van der Waals surface area contributed by atoms with Gasteiger partial charge in [0.15, 0.2) is 0 Å². The van der Waals surface area contributed by atoms with Crippen LogP contribution in [0.3, 0.4) is 0 Å². The van der Waals surface area contributed by atoms with Crippen LogP contribution in [0.4, 0.5) is 5.69 Å². The predicted molar refractivity (Wildman–Crippen MR) is 57.3 cm³/mol. The van der Waals surface area contributed by atoms with Crippen LogP contribution in [0.1, 0.15) is 5.56 Å². The first-order chi connectivity index (χ1) is 6.25. The summed E-state index contributed by atoms with van der Waals surface area (Å²) in [7, 11) is 0. The molecule has 0 saturated carbocycles. The largest absolute Gasteiger partial charge is 0.370 e. The monoisotopic (exact) mass is 213 g/mol. The van der Waals surface area contributed by atoms with Crippen LogP contribution in [-0.4, -0.2) is 11.6 Å². The third kappa shape index (κ3) is 1.99. The Bertz CT molecular complexity index is 353. The summed E-state index contributed by atoms with van der Waals surface area (Å²) in [5.41, 5.74) is 2.04. The first-order valence-electron chi connectivity index (χ1n) is 3.92. The van der Waals surface area contributed by atoms with Crippen LogP contribution in [-0.2, 0) is 11.3 Å². The molecular weight excluding hydrogens is 206 g/mol. The van der Waals surface area contributed by atoms with E-state index in [0.29, 0.717) is 18.2 Å². The molecule has 4 heteroatoms. The number of benzene rings is 1. The van der Waals surface area contributed by atoms with Crippen LogP contribution >= 0.6 is 23.8 Å². The third-order valence-corrected chi connectivity index (χ3v) is 2.29. The summed E-state index contributed by atoms with van der Waals surface area (Å²) in [4.78, 5) is 0.709. The Morgan fingerprint density at radius 2 is 2.23 bits per heavy atom. The minimum Gasteiger partial charge on any atom is -0.370 e. The van der Waals surface area contributed by atoms with Gasteiger partial charge in [-0.25, -0.2) is 0 Å². The number of halogens is 1. The lowest BCUT2D eigenvalue weighted by molar-refractivity contribution is 0.161. The van der Waals surface area contributed by atoms with E-state index in [1.807, 2.05) is 18.2 Å². The van der Waals surface area contributed by atoms with Gasteiger partial charge in [-0.2, -0.15) is 0 Å². The minimum atomic E-state index is 0.474. The van der Waals surface area contributed by atoms with E-state index < -0.39 is 0 Å². The molecule has 0 amide bonds. The highest BCUT2D eigenvalue weighted by molar-refractivity contribution is 7.80. The average Bonchev–Trinajstić information content (AvgIpc) is 2.25. The lowest BCUT2D eigenvalue weighted by Crippen LogP contribution is -2.12. The van der Waals surface area contributed by atoms with E-state index >= 15 is 0 Å². The van der Waals surface area contributed by atoms with Crippen LogP contribution in [0, 0.1) is 0 Å². The van der Waals surface area contributed by atoms with Crippen molar-refractivity contribution in [3.8, 4) is 0 Å². The van der Waals surface area contributed by atoms with Gasteiger partial charge in [0.1, 0.15) is 4.99 Å². The van der Waals surface area contributed by atoms with Gasteiger partial charge in [-0.05, 0) is 18.2 Å². The molecule has 13 heavy (non-hydrogen) atoms. The van der Waals surface area contributed by atoms with Crippen molar-refractivity contribution >= 4 is 34.5 Å². The number of fused-ring (bicyclic) bond motifs is 1. The normalized spacial score (nSPS) is 15.9. The highest BCUT2D eigenvalue weighted by Crippen LogP contribution is 2.23. The Hall–Kier alpha value is -0.640. The smallest absolute Gasteiger partial charge is 0.106 e. The fraction of sp³-hybridized carbons (Fsp3) is 0.222. The van der Waals surface area contributed by atoms with Gasteiger partial charge in [-0.1, -0.05) is 23.8 Å². The van der Waals surface area contributed by atoms with Crippen molar-refractivity contribution in [2.45, 2.75) is 6.61 Å². The summed E-state index contributed by atoms with van der Waals surface area (Å²) in [6.45, 7) is 1.03. The lowest BCUT2D eigenvalue weighted by Gasteiger charge is -2.05. The maximum Gasteiger partial charge on any atom is 0.106 e. The van der Waals surface area contributed by atoms with E-state index in [2.05, 4.69) is 5.32 Å². The Kier molecular flexibility index (Phi) is 2.49. The summed E-state index contributed by atoms with van der Waals surface area (Å²) in [6, 6.07) is 5.64. The van der Waals surface area contributed by atoms with Gasteiger partial charge >= 0.3 is 0 Å². The molecule has 0 aromatic heterocycles. The maximum absolute atomic E-state index is 5.85. The number of hydrogen-bond acceptors (Lipinski definition) is 2. The second kappa shape index (κ2) is 3.62. The number of ether oxygens (including phenoxy) is 1. The van der Waals surface area contributed by atoms with Crippen molar-refractivity contribution in [2.24, 2.45) is 0 Å². The van der Waals surface area contributed by atoms with E-state index in [4.69, 9.17) is 28.6 Å². The van der Waals surface area contributed by atoms with E-state index in [1.165, 1.54) is 0 Å². The van der Waals surface area contributed by atoms with Gasteiger partial charge in [-0.15, -0.1) is 0 Å². The summed E-state index contributed by atoms with van der Waals surface area (Å²) in [5.74, 6) is 0. The molecule has 2 rings (SSSR count). The van der Waals surface area contributed by atoms with Crippen LogP contribution in [0.5, 0.6) is 0 Å². The molecule has 0 fully saturated rings. The summed E-state index contributed by atoms with van der Waals surface area (Å²) >= 11 is 10.9. The zero-order valence-electron chi connectivity index (χ0n) is 6.84. The molecule has 68 valence electrons. The molecule has 1 aromatic rings. The van der Waals surface area contributed by atoms with Crippen molar-refractivity contribution in [1.29, 1.82) is 0 Å². The molecule has 0 bridgehead atoms. The zero-order valence-corrected chi connectivity index (χ0v) is 8.41. The van der Waals surface area contributed by atoms with Crippen molar-refractivity contribution in [3.63, 3.8) is 0 Å². The van der Waals surface area contributed by atoms with E-state index in [9.17, 15) is 0 Å². The van der Waals surface area contributed by atoms with Gasteiger partial charge in [0.25, 0.3) is 0 Å². The molecule has 1 aromatic carbocycles. The molecule has 1 heterocycles. The molecule has 1 N–H and O–H groups in total. The standard InChI is InChI=1S/C9H8ClNOS/c10-7-1-2-8-6(3-7)4-12-5-9(13)11-8/h1-3H,4-5H2,(H,11,13). The quantitative estimate of drug-likeness (QED) is 0.670. The van der Waals surface area contributed by atoms with Gasteiger partial charge in [0, 0.05) is 16.3 Å². The van der Waals surface area contributed by atoms with Crippen molar-refractivity contribution in [1.82, 2.24) is 0 Å². The predicted octanol–water partition coefficient (Wildman–Crippen LogP) is 2.61. The highest BCUT2D eigenvalue weighted by Gasteiger charge is 2.10. The Morgan fingerprint density at radius 1 is 1.38 bits per heavy atom. The molecule has 1 aliphatic rings. The highest BCUT2D eigenvalue weighted by atomic mass is 35.5. The molecule has 0 atom stereocenters. The molecule has 2 nitrogen and oxygen atoms in total. The Balaban J connectivity index is 2.40. The van der Waals surface area contributed by atoms with Crippen molar-refractivity contribution in [3.05, 3.63) is 28.8 Å². The van der Waals surface area contributed by atoms with Crippen LogP contribution in [0.2, 0.25) is 5.02 Å². The fourth-order valence-corrected chi connectivity index (χ4v) is 1.63. The third-order valence-electron chi connectivity index (χ3n) is 1.83. The number of nitrogens with one attached hydrogen (secondary N) is 1. The second-order valence-corrected chi connectivity index (χ2v) is 3.77. The molecule has 0 unspecified atom stereocenters. The molecule has 1 aliphatic heterocycles. The number of hydrogen-bond donors (Lipinski definition) is 1. The lowest BCUT2D eigenvalue weighted by atomic mass is 10.2. The fourth-order valence-electron chi connectivity index (χ4n) is 1.24. The zero-order chi connectivity index (χ0) is 9.26. The Morgan fingerprint density at radius 3 is 3.08 bits per heavy atom. The molecule has 0 radical (unpaired) electrons. The van der Waals surface area contributed by atoms with Gasteiger partial charge in [0.2, 0.25) is 0 Å². The summed E-state index contributed by atoms with van der Waals surface area (Å²) in [5, 5.41) is 3.82. The van der Waals surface area contributed by atoms with Crippen LogP contribution < -0.4 is 5.32 Å². The molecular formula is C9H8ClNOS. The second-order valence-electron chi connectivity index (χ2n) is 2.84. The summed E-state index contributed by atoms with van der Waals surface area (Å²) < 4.78 is 5.33. The van der Waals surface area contributed by atoms with Gasteiger partial charge < -0.3 is 10.1 Å². The average molecular weight is 214 g/mol. The van der Waals surface area contributed by atoms with Gasteiger partial charge in [-0.3, -0.25) is 0 Å². The van der Waals surface area contributed by atoms with E-state index in [1.54, 1.807) is 0 Å².